The molecule has 2 aromatic carbocycles. The molecule has 1 N–H and O–H groups in total. The summed E-state index contributed by atoms with van der Waals surface area (Å²) in [6, 6.07) is 15.8. The number of amides is 1. The van der Waals surface area contributed by atoms with Crippen molar-refractivity contribution in [2.45, 2.75) is 32.4 Å². The Balaban J connectivity index is 1.65. The number of ether oxygens (including phenoxy) is 1. The molecule has 1 unspecified atom stereocenters. The van der Waals surface area contributed by atoms with Crippen LogP contribution in [0.1, 0.15) is 34.3 Å². The Labute approximate surface area is 164 Å². The molecular weight excluding hydrogens is 352 g/mol. The third kappa shape index (κ3) is 4.12. The van der Waals surface area contributed by atoms with Crippen LogP contribution in [0.3, 0.4) is 0 Å². The third-order valence-corrected chi connectivity index (χ3v) is 5.02. The van der Waals surface area contributed by atoms with Crippen molar-refractivity contribution in [3.63, 3.8) is 0 Å². The highest BCUT2D eigenvalue weighted by molar-refractivity contribution is 6.00. The van der Waals surface area contributed by atoms with E-state index in [2.05, 4.69) is 40.3 Å². The molecule has 3 aromatic rings. The maximum atomic E-state index is 13.5. The second kappa shape index (κ2) is 8.35. The number of aromatic nitrogens is 3. The molecule has 0 bridgehead atoms. The molecule has 1 saturated heterocycles. The van der Waals surface area contributed by atoms with Gasteiger partial charge in [0.25, 0.3) is 5.91 Å². The van der Waals surface area contributed by atoms with Crippen LogP contribution in [0.2, 0.25) is 0 Å². The number of carbonyl (C=O) groups is 1. The first-order chi connectivity index (χ1) is 13.7. The Morgan fingerprint density at radius 1 is 1.25 bits per heavy atom. The van der Waals surface area contributed by atoms with Gasteiger partial charge in [-0.25, -0.2) is 4.98 Å². The van der Waals surface area contributed by atoms with Crippen molar-refractivity contribution in [2.24, 2.45) is 0 Å². The van der Waals surface area contributed by atoms with Crippen LogP contribution in [0.5, 0.6) is 0 Å². The van der Waals surface area contributed by atoms with E-state index in [9.17, 15) is 4.79 Å². The molecule has 0 aliphatic carbocycles. The van der Waals surface area contributed by atoms with Gasteiger partial charge in [-0.3, -0.25) is 9.89 Å². The summed E-state index contributed by atoms with van der Waals surface area (Å²) < 4.78 is 5.81. The van der Waals surface area contributed by atoms with Gasteiger partial charge < -0.3 is 9.64 Å². The summed E-state index contributed by atoms with van der Waals surface area (Å²) in [7, 11) is 0. The number of aromatic amines is 1. The molecule has 1 amide bonds. The van der Waals surface area contributed by atoms with Crippen LogP contribution in [0.15, 0.2) is 54.9 Å². The van der Waals surface area contributed by atoms with Crippen molar-refractivity contribution in [3.05, 3.63) is 71.5 Å². The smallest absolute Gasteiger partial charge is 0.254 e. The zero-order chi connectivity index (χ0) is 19.3. The predicted octanol–water partition coefficient (Wildman–Crippen LogP) is 3.60. The van der Waals surface area contributed by atoms with Gasteiger partial charge in [0.1, 0.15) is 6.33 Å². The zero-order valence-corrected chi connectivity index (χ0v) is 16.0. The molecule has 1 fully saturated rings. The number of hydrogen-bond acceptors (Lipinski definition) is 4. The fourth-order valence-corrected chi connectivity index (χ4v) is 3.67. The van der Waals surface area contributed by atoms with Gasteiger partial charge in [0.05, 0.1) is 11.7 Å². The van der Waals surface area contributed by atoms with Crippen LogP contribution >= 0.6 is 0 Å². The lowest BCUT2D eigenvalue weighted by Gasteiger charge is -2.26. The largest absolute Gasteiger partial charge is 0.376 e. The fraction of sp³-hybridized carbons (Fsp3) is 0.318. The van der Waals surface area contributed by atoms with Crippen molar-refractivity contribution < 1.29 is 9.53 Å². The molecule has 1 aromatic heterocycles. The molecule has 1 atom stereocenters. The molecule has 0 saturated carbocycles. The lowest BCUT2D eigenvalue weighted by molar-refractivity contribution is 0.0508. The molecule has 6 heteroatoms. The van der Waals surface area contributed by atoms with Crippen LogP contribution < -0.4 is 0 Å². The monoisotopic (exact) mass is 376 g/mol. The Kier molecular flexibility index (Phi) is 5.48. The number of nitrogens with one attached hydrogen (secondary N) is 1. The quantitative estimate of drug-likeness (QED) is 0.713. The molecule has 6 nitrogen and oxygen atoms in total. The average molecular weight is 376 g/mol. The van der Waals surface area contributed by atoms with E-state index >= 15 is 0 Å². The van der Waals surface area contributed by atoms with Gasteiger partial charge in [-0.05, 0) is 31.4 Å². The maximum absolute atomic E-state index is 13.5. The van der Waals surface area contributed by atoms with E-state index in [1.807, 2.05) is 35.2 Å². The molecule has 28 heavy (non-hydrogen) atoms. The first-order valence-electron chi connectivity index (χ1n) is 9.62. The maximum Gasteiger partial charge on any atom is 0.254 e. The Morgan fingerprint density at radius 2 is 2.14 bits per heavy atom. The summed E-state index contributed by atoms with van der Waals surface area (Å²) in [4.78, 5) is 19.7. The van der Waals surface area contributed by atoms with Crippen molar-refractivity contribution in [2.75, 3.05) is 13.2 Å². The second-order valence-electron chi connectivity index (χ2n) is 7.19. The van der Waals surface area contributed by atoms with E-state index in [0.29, 0.717) is 24.5 Å². The minimum absolute atomic E-state index is 0.0241. The lowest BCUT2D eigenvalue weighted by atomic mass is 10.0. The molecular formula is C22H24N4O2. The first kappa shape index (κ1) is 18.4. The average Bonchev–Trinajstić information content (AvgIpc) is 3.41. The SMILES string of the molecule is Cc1cccc(CN(CC2CCCO2)C(=O)c2ccccc2-c2ncn[nH]2)c1. The highest BCUT2D eigenvalue weighted by atomic mass is 16.5. The van der Waals surface area contributed by atoms with Gasteiger partial charge in [-0.2, -0.15) is 5.10 Å². The third-order valence-electron chi connectivity index (χ3n) is 5.02. The Morgan fingerprint density at radius 3 is 2.89 bits per heavy atom. The number of benzene rings is 2. The molecule has 1 aliphatic rings. The number of aryl methyl sites for hydroxylation is 1. The number of nitrogens with zero attached hydrogens (tertiary/aromatic N) is 3. The van der Waals surface area contributed by atoms with Gasteiger partial charge in [0.2, 0.25) is 0 Å². The van der Waals surface area contributed by atoms with Gasteiger partial charge in [0.15, 0.2) is 5.82 Å². The minimum Gasteiger partial charge on any atom is -0.376 e. The van der Waals surface area contributed by atoms with E-state index in [0.717, 1.165) is 30.6 Å². The van der Waals surface area contributed by atoms with E-state index in [1.54, 1.807) is 0 Å². The first-order valence-corrected chi connectivity index (χ1v) is 9.62. The van der Waals surface area contributed by atoms with E-state index in [1.165, 1.54) is 11.9 Å². The van der Waals surface area contributed by atoms with Crippen LogP contribution in [0, 0.1) is 6.92 Å². The topological polar surface area (TPSA) is 71.1 Å². The van der Waals surface area contributed by atoms with Crippen LogP contribution in [0.4, 0.5) is 0 Å². The molecule has 0 spiro atoms. The molecule has 4 rings (SSSR count). The number of rotatable bonds is 6. The van der Waals surface area contributed by atoms with Gasteiger partial charge in [-0.1, -0.05) is 48.0 Å². The van der Waals surface area contributed by atoms with Gasteiger partial charge in [0, 0.05) is 25.3 Å². The fourth-order valence-electron chi connectivity index (χ4n) is 3.67. The Bertz CT molecular complexity index is 933. The van der Waals surface area contributed by atoms with Crippen molar-refractivity contribution >= 4 is 5.91 Å². The van der Waals surface area contributed by atoms with Crippen LogP contribution in [-0.4, -0.2) is 45.2 Å². The van der Waals surface area contributed by atoms with E-state index in [4.69, 9.17) is 4.74 Å². The minimum atomic E-state index is -0.0241. The normalized spacial score (nSPS) is 16.2. The summed E-state index contributed by atoms with van der Waals surface area (Å²) in [6.45, 7) is 3.96. The summed E-state index contributed by atoms with van der Waals surface area (Å²) >= 11 is 0. The summed E-state index contributed by atoms with van der Waals surface area (Å²) in [6.07, 6.45) is 3.58. The van der Waals surface area contributed by atoms with E-state index in [-0.39, 0.29) is 12.0 Å². The van der Waals surface area contributed by atoms with Crippen molar-refractivity contribution in [3.8, 4) is 11.4 Å². The zero-order valence-electron chi connectivity index (χ0n) is 16.0. The molecule has 1 aliphatic heterocycles. The number of hydrogen-bond donors (Lipinski definition) is 1. The van der Waals surface area contributed by atoms with Crippen LogP contribution in [-0.2, 0) is 11.3 Å². The predicted molar refractivity (Wildman–Crippen MR) is 107 cm³/mol. The molecule has 2 heterocycles. The highest BCUT2D eigenvalue weighted by Crippen LogP contribution is 2.23. The summed E-state index contributed by atoms with van der Waals surface area (Å²) in [5.41, 5.74) is 3.67. The Hall–Kier alpha value is -2.99. The molecule has 0 radical (unpaired) electrons. The van der Waals surface area contributed by atoms with Crippen LogP contribution in [0.25, 0.3) is 11.4 Å². The van der Waals surface area contributed by atoms with Gasteiger partial charge in [-0.15, -0.1) is 0 Å². The second-order valence-corrected chi connectivity index (χ2v) is 7.19. The molecule has 144 valence electrons. The lowest BCUT2D eigenvalue weighted by Crippen LogP contribution is -2.37. The van der Waals surface area contributed by atoms with Gasteiger partial charge >= 0.3 is 0 Å². The summed E-state index contributed by atoms with van der Waals surface area (Å²) in [5, 5.41) is 6.78. The summed E-state index contributed by atoms with van der Waals surface area (Å²) in [5.74, 6) is 0.570. The number of H-pyrrole nitrogens is 1. The van der Waals surface area contributed by atoms with Crippen molar-refractivity contribution in [1.82, 2.24) is 20.1 Å². The number of carbonyl (C=O) groups excluding carboxylic acids is 1. The van der Waals surface area contributed by atoms with Crippen molar-refractivity contribution in [1.29, 1.82) is 0 Å². The van der Waals surface area contributed by atoms with E-state index < -0.39 is 0 Å². The highest BCUT2D eigenvalue weighted by Gasteiger charge is 2.25. The standard InChI is InChI=1S/C22H24N4O2/c1-16-6-4-7-17(12-16)13-26(14-18-8-5-11-28-18)22(27)20-10-3-2-9-19(20)21-23-15-24-25-21/h2-4,6-7,9-10,12,15,18H,5,8,11,13-14H2,1H3,(H,23,24,25).